The molecule has 18 heavy (non-hydrogen) atoms. The Hall–Kier alpha value is -0.740. The molecular formula is C14H18BrF2N. The van der Waals surface area contributed by atoms with Crippen molar-refractivity contribution >= 4 is 21.5 Å². The fourth-order valence-electron chi connectivity index (χ4n) is 1.65. The number of allylic oxidation sites excluding steroid dienone is 1. The SMILES string of the molecule is C/C(=C/CCNC(C)C)c1c(F)ccc(Br)c1F. The Labute approximate surface area is 115 Å². The van der Waals surface area contributed by atoms with E-state index in [1.54, 1.807) is 6.92 Å². The number of nitrogens with one attached hydrogen (secondary N) is 1. The first kappa shape index (κ1) is 15.3. The summed E-state index contributed by atoms with van der Waals surface area (Å²) in [6.07, 6.45) is 2.60. The molecule has 0 amide bonds. The average Bonchev–Trinajstić information content (AvgIpc) is 2.30. The minimum atomic E-state index is -0.541. The largest absolute Gasteiger partial charge is 0.314 e. The van der Waals surface area contributed by atoms with Gasteiger partial charge in [-0.05, 0) is 53.5 Å². The molecule has 1 aromatic rings. The third-order valence-corrected chi connectivity index (χ3v) is 3.20. The van der Waals surface area contributed by atoms with Crippen molar-refractivity contribution in [3.63, 3.8) is 0 Å². The first-order valence-corrected chi connectivity index (χ1v) is 6.76. The van der Waals surface area contributed by atoms with Gasteiger partial charge in [-0.2, -0.15) is 0 Å². The average molecular weight is 318 g/mol. The fraction of sp³-hybridized carbons (Fsp3) is 0.429. The molecule has 0 fully saturated rings. The first-order chi connectivity index (χ1) is 8.43. The van der Waals surface area contributed by atoms with E-state index in [0.29, 0.717) is 11.6 Å². The predicted molar refractivity (Wildman–Crippen MR) is 75.5 cm³/mol. The monoisotopic (exact) mass is 317 g/mol. The molecule has 100 valence electrons. The van der Waals surface area contributed by atoms with E-state index in [-0.39, 0.29) is 10.0 Å². The van der Waals surface area contributed by atoms with Crippen LogP contribution in [-0.2, 0) is 0 Å². The van der Waals surface area contributed by atoms with E-state index in [0.717, 1.165) is 13.0 Å². The van der Waals surface area contributed by atoms with E-state index in [1.165, 1.54) is 12.1 Å². The van der Waals surface area contributed by atoms with Crippen LogP contribution in [0.25, 0.3) is 5.57 Å². The number of hydrogen-bond donors (Lipinski definition) is 1. The van der Waals surface area contributed by atoms with Crippen LogP contribution in [0.15, 0.2) is 22.7 Å². The molecule has 0 aliphatic carbocycles. The summed E-state index contributed by atoms with van der Waals surface area (Å²) < 4.78 is 27.7. The van der Waals surface area contributed by atoms with Crippen molar-refractivity contribution in [3.8, 4) is 0 Å². The van der Waals surface area contributed by atoms with Gasteiger partial charge in [0.25, 0.3) is 0 Å². The molecule has 0 heterocycles. The van der Waals surface area contributed by atoms with Gasteiger partial charge in [0.2, 0.25) is 0 Å². The molecule has 4 heteroatoms. The quantitative estimate of drug-likeness (QED) is 0.622. The van der Waals surface area contributed by atoms with Crippen LogP contribution < -0.4 is 5.32 Å². The summed E-state index contributed by atoms with van der Waals surface area (Å²) in [5.74, 6) is -1.07. The van der Waals surface area contributed by atoms with E-state index in [4.69, 9.17) is 0 Å². The van der Waals surface area contributed by atoms with E-state index < -0.39 is 11.6 Å². The summed E-state index contributed by atoms with van der Waals surface area (Å²) in [5.41, 5.74) is 0.672. The zero-order valence-electron chi connectivity index (χ0n) is 10.9. The molecule has 1 nitrogen and oxygen atoms in total. The van der Waals surface area contributed by atoms with Crippen LogP contribution >= 0.6 is 15.9 Å². The standard InChI is InChI=1S/C14H18BrF2N/c1-9(2)18-8-4-5-10(3)13-12(16)7-6-11(15)14(13)17/h5-7,9,18H,4,8H2,1-3H3/b10-5-. The van der Waals surface area contributed by atoms with Crippen LogP contribution in [0.4, 0.5) is 8.78 Å². The lowest BCUT2D eigenvalue weighted by Gasteiger charge is -2.08. The minimum absolute atomic E-state index is 0.0499. The molecule has 0 aromatic heterocycles. The van der Waals surface area contributed by atoms with Crippen molar-refractivity contribution in [1.82, 2.24) is 5.32 Å². The molecule has 0 aliphatic rings. The van der Waals surface area contributed by atoms with Gasteiger partial charge in [-0.1, -0.05) is 19.9 Å². The van der Waals surface area contributed by atoms with Gasteiger partial charge in [-0.3, -0.25) is 0 Å². The maximum Gasteiger partial charge on any atom is 0.147 e. The topological polar surface area (TPSA) is 12.0 Å². The maximum absolute atomic E-state index is 13.8. The van der Waals surface area contributed by atoms with Crippen LogP contribution in [-0.4, -0.2) is 12.6 Å². The van der Waals surface area contributed by atoms with Crippen LogP contribution in [0.2, 0.25) is 0 Å². The zero-order valence-corrected chi connectivity index (χ0v) is 12.4. The van der Waals surface area contributed by atoms with Gasteiger partial charge in [-0.25, -0.2) is 8.78 Å². The lowest BCUT2D eigenvalue weighted by atomic mass is 10.0. The van der Waals surface area contributed by atoms with E-state index in [2.05, 4.69) is 35.1 Å². The molecule has 0 spiro atoms. The molecule has 0 unspecified atom stereocenters. The number of hydrogen-bond acceptors (Lipinski definition) is 1. The lowest BCUT2D eigenvalue weighted by molar-refractivity contribution is 0.571. The zero-order chi connectivity index (χ0) is 13.7. The van der Waals surface area contributed by atoms with Gasteiger partial charge < -0.3 is 5.32 Å². The van der Waals surface area contributed by atoms with Crippen molar-refractivity contribution in [2.75, 3.05) is 6.54 Å². The smallest absolute Gasteiger partial charge is 0.147 e. The molecule has 0 saturated heterocycles. The van der Waals surface area contributed by atoms with Gasteiger partial charge >= 0.3 is 0 Å². The van der Waals surface area contributed by atoms with Gasteiger partial charge in [0, 0.05) is 11.6 Å². The maximum atomic E-state index is 13.8. The van der Waals surface area contributed by atoms with E-state index in [9.17, 15) is 8.78 Å². The Bertz CT molecular complexity index is 442. The Kier molecular flexibility index (Phi) is 5.96. The second-order valence-corrected chi connectivity index (χ2v) is 5.36. The molecule has 1 N–H and O–H groups in total. The molecule has 0 radical (unpaired) electrons. The molecule has 0 atom stereocenters. The Balaban J connectivity index is 2.80. The number of benzene rings is 1. The Morgan fingerprint density at radius 2 is 2.06 bits per heavy atom. The number of rotatable bonds is 5. The van der Waals surface area contributed by atoms with Gasteiger partial charge in [0.1, 0.15) is 11.6 Å². The molecule has 0 saturated carbocycles. The Morgan fingerprint density at radius 3 is 2.67 bits per heavy atom. The van der Waals surface area contributed by atoms with Crippen molar-refractivity contribution < 1.29 is 8.78 Å². The van der Waals surface area contributed by atoms with Gasteiger partial charge in [-0.15, -0.1) is 0 Å². The predicted octanol–water partition coefficient (Wildman–Crippen LogP) is 4.52. The van der Waals surface area contributed by atoms with Gasteiger partial charge in [0.15, 0.2) is 0 Å². The van der Waals surface area contributed by atoms with Crippen molar-refractivity contribution in [3.05, 3.63) is 39.9 Å². The highest BCUT2D eigenvalue weighted by molar-refractivity contribution is 9.10. The lowest BCUT2D eigenvalue weighted by Crippen LogP contribution is -2.23. The summed E-state index contributed by atoms with van der Waals surface area (Å²) in [4.78, 5) is 0. The van der Waals surface area contributed by atoms with Crippen molar-refractivity contribution in [2.24, 2.45) is 0 Å². The summed E-state index contributed by atoms with van der Waals surface area (Å²) in [6, 6.07) is 3.06. The second kappa shape index (κ2) is 7.00. The molecule has 1 rings (SSSR count). The second-order valence-electron chi connectivity index (χ2n) is 4.50. The van der Waals surface area contributed by atoms with Crippen molar-refractivity contribution in [1.29, 1.82) is 0 Å². The van der Waals surface area contributed by atoms with Gasteiger partial charge in [0.05, 0.1) is 4.47 Å². The third kappa shape index (κ3) is 4.18. The van der Waals surface area contributed by atoms with Crippen LogP contribution in [0.3, 0.4) is 0 Å². The highest BCUT2D eigenvalue weighted by Gasteiger charge is 2.13. The summed E-state index contributed by atoms with van der Waals surface area (Å²) in [5, 5.41) is 3.25. The highest BCUT2D eigenvalue weighted by Crippen LogP contribution is 2.27. The Morgan fingerprint density at radius 1 is 1.39 bits per heavy atom. The minimum Gasteiger partial charge on any atom is -0.314 e. The molecule has 0 bridgehead atoms. The van der Waals surface area contributed by atoms with E-state index in [1.807, 2.05) is 6.08 Å². The van der Waals surface area contributed by atoms with Crippen LogP contribution in [0.5, 0.6) is 0 Å². The normalized spacial score (nSPS) is 12.3. The van der Waals surface area contributed by atoms with E-state index >= 15 is 0 Å². The van der Waals surface area contributed by atoms with Crippen LogP contribution in [0, 0.1) is 11.6 Å². The van der Waals surface area contributed by atoms with Crippen LogP contribution in [0.1, 0.15) is 32.8 Å². The molecule has 1 aromatic carbocycles. The first-order valence-electron chi connectivity index (χ1n) is 5.97. The van der Waals surface area contributed by atoms with Crippen molar-refractivity contribution in [2.45, 2.75) is 33.2 Å². The summed E-state index contributed by atoms with van der Waals surface area (Å²) >= 11 is 3.07. The highest BCUT2D eigenvalue weighted by atomic mass is 79.9. The third-order valence-electron chi connectivity index (χ3n) is 2.59. The summed E-state index contributed by atoms with van der Waals surface area (Å²) in [6.45, 7) is 6.64. The number of halogens is 3. The molecular weight excluding hydrogens is 300 g/mol. The fourth-order valence-corrected chi connectivity index (χ4v) is 1.98. The molecule has 0 aliphatic heterocycles. The summed E-state index contributed by atoms with van der Waals surface area (Å²) in [7, 11) is 0.